The zero-order chi connectivity index (χ0) is 16.3. The zero-order valence-electron chi connectivity index (χ0n) is 12.7. The number of hydrogen-bond acceptors (Lipinski definition) is 2. The number of nitrogens with zero attached hydrogens (tertiary/aromatic N) is 1. The van der Waals surface area contributed by atoms with Gasteiger partial charge in [-0.3, -0.25) is 4.79 Å². The molecule has 0 aliphatic heterocycles. The number of quaternary nitrogens is 1. The number of halogens is 2. The first kappa shape index (κ1) is 17.1. The molecule has 0 radical (unpaired) electrons. The van der Waals surface area contributed by atoms with E-state index in [9.17, 15) is 10.1 Å². The molecule has 2 atom stereocenters. The lowest BCUT2D eigenvalue weighted by atomic mass is 9.98. The summed E-state index contributed by atoms with van der Waals surface area (Å²) in [5.74, 6) is 0.164. The van der Waals surface area contributed by atoms with Crippen LogP contribution in [0.5, 0.6) is 0 Å². The highest BCUT2D eigenvalue weighted by Crippen LogP contribution is 2.39. The topological polar surface area (TPSA) is 69.5 Å². The molecule has 0 spiro atoms. The Labute approximate surface area is 140 Å². The Hall–Kier alpha value is -1.28. The first-order valence-electron chi connectivity index (χ1n) is 7.36. The molecule has 4 nitrogen and oxygen atoms in total. The molecule has 0 saturated heterocycles. The van der Waals surface area contributed by atoms with Crippen molar-refractivity contribution in [3.05, 3.63) is 33.8 Å². The average Bonchev–Trinajstić information content (AvgIpc) is 3.32. The predicted molar refractivity (Wildman–Crippen MR) is 86.6 cm³/mol. The fourth-order valence-electron chi connectivity index (χ4n) is 2.44. The summed E-state index contributed by atoms with van der Waals surface area (Å²) < 4.78 is 0. The second-order valence-corrected chi connectivity index (χ2v) is 6.85. The maximum atomic E-state index is 12.1. The van der Waals surface area contributed by atoms with Crippen LogP contribution >= 0.6 is 23.2 Å². The molecule has 0 bridgehead atoms. The molecule has 0 heterocycles. The Bertz CT molecular complexity index is 610. The van der Waals surface area contributed by atoms with Crippen LogP contribution < -0.4 is 10.6 Å². The van der Waals surface area contributed by atoms with E-state index in [1.165, 1.54) is 0 Å². The van der Waals surface area contributed by atoms with Crippen molar-refractivity contribution in [1.29, 1.82) is 5.26 Å². The Kier molecular flexibility index (Phi) is 5.33. The van der Waals surface area contributed by atoms with Crippen molar-refractivity contribution in [1.82, 2.24) is 5.32 Å². The van der Waals surface area contributed by atoms with Crippen LogP contribution in [-0.4, -0.2) is 18.0 Å². The number of amides is 1. The van der Waals surface area contributed by atoms with Crippen LogP contribution in [0.1, 0.15) is 38.3 Å². The van der Waals surface area contributed by atoms with E-state index in [2.05, 4.69) is 11.4 Å². The molecule has 22 heavy (non-hydrogen) atoms. The molecule has 1 amide bonds. The maximum Gasteiger partial charge on any atom is 0.276 e. The van der Waals surface area contributed by atoms with Crippen LogP contribution in [0.4, 0.5) is 0 Å². The predicted octanol–water partition coefficient (Wildman–Crippen LogP) is 2.43. The van der Waals surface area contributed by atoms with Crippen LogP contribution in [-0.2, 0) is 4.79 Å². The van der Waals surface area contributed by atoms with E-state index in [-0.39, 0.29) is 24.4 Å². The summed E-state index contributed by atoms with van der Waals surface area (Å²) in [6, 6.07) is 7.77. The summed E-state index contributed by atoms with van der Waals surface area (Å²) in [5, 5.41) is 15.1. The molecule has 1 aromatic carbocycles. The van der Waals surface area contributed by atoms with Gasteiger partial charge in [-0.15, -0.1) is 0 Å². The number of nitrogens with two attached hydrogens (primary N) is 1. The SMILES string of the molecule is C[C@@H]([NH2+]CC(=O)N[C@](C)(C#N)C1CC1)c1ccc(Cl)c(Cl)c1. The summed E-state index contributed by atoms with van der Waals surface area (Å²) in [4.78, 5) is 12.1. The summed E-state index contributed by atoms with van der Waals surface area (Å²) in [5.41, 5.74) is 0.269. The molecular weight excluding hydrogens is 321 g/mol. The molecule has 1 aliphatic carbocycles. The maximum absolute atomic E-state index is 12.1. The minimum Gasteiger partial charge on any atom is -0.333 e. The molecule has 0 unspecified atom stereocenters. The number of carbonyl (C=O) groups is 1. The van der Waals surface area contributed by atoms with E-state index in [0.29, 0.717) is 10.0 Å². The number of hydrogen-bond donors (Lipinski definition) is 2. The highest BCUT2D eigenvalue weighted by Gasteiger charge is 2.43. The van der Waals surface area contributed by atoms with Crippen molar-refractivity contribution in [3.63, 3.8) is 0 Å². The van der Waals surface area contributed by atoms with Crippen LogP contribution in [0.2, 0.25) is 10.0 Å². The minimum atomic E-state index is -0.738. The second kappa shape index (κ2) is 6.87. The quantitative estimate of drug-likeness (QED) is 0.834. The van der Waals surface area contributed by atoms with Crippen molar-refractivity contribution in [2.45, 2.75) is 38.3 Å². The van der Waals surface area contributed by atoms with Gasteiger partial charge in [-0.2, -0.15) is 5.26 Å². The molecule has 1 aromatic rings. The van der Waals surface area contributed by atoms with Gasteiger partial charge < -0.3 is 10.6 Å². The number of benzene rings is 1. The van der Waals surface area contributed by atoms with E-state index in [1.54, 1.807) is 13.0 Å². The molecule has 6 heteroatoms. The molecule has 1 aliphatic rings. The van der Waals surface area contributed by atoms with Gasteiger partial charge in [-0.1, -0.05) is 29.3 Å². The minimum absolute atomic E-state index is 0.0785. The first-order valence-corrected chi connectivity index (χ1v) is 8.12. The van der Waals surface area contributed by atoms with Crippen molar-refractivity contribution in [2.75, 3.05) is 6.54 Å². The number of nitrogens with one attached hydrogen (secondary N) is 1. The first-order chi connectivity index (χ1) is 10.4. The van der Waals surface area contributed by atoms with E-state index in [0.717, 1.165) is 18.4 Å². The van der Waals surface area contributed by atoms with E-state index in [4.69, 9.17) is 23.2 Å². The van der Waals surface area contributed by atoms with Gasteiger partial charge in [0.15, 0.2) is 6.54 Å². The highest BCUT2D eigenvalue weighted by molar-refractivity contribution is 6.42. The number of nitriles is 1. The Balaban J connectivity index is 1.87. The molecule has 118 valence electrons. The molecule has 0 aromatic heterocycles. The largest absolute Gasteiger partial charge is 0.333 e. The zero-order valence-corrected chi connectivity index (χ0v) is 14.2. The second-order valence-electron chi connectivity index (χ2n) is 6.04. The normalized spacial score (nSPS) is 18.1. The van der Waals surface area contributed by atoms with Gasteiger partial charge in [0.05, 0.1) is 16.1 Å². The third-order valence-corrected chi connectivity index (χ3v) is 4.89. The Morgan fingerprint density at radius 1 is 1.50 bits per heavy atom. The van der Waals surface area contributed by atoms with Crippen molar-refractivity contribution >= 4 is 29.1 Å². The lowest BCUT2D eigenvalue weighted by Gasteiger charge is -2.22. The van der Waals surface area contributed by atoms with E-state index < -0.39 is 5.54 Å². The van der Waals surface area contributed by atoms with Gasteiger partial charge in [0.1, 0.15) is 11.6 Å². The van der Waals surface area contributed by atoms with Gasteiger partial charge in [0.2, 0.25) is 0 Å². The fourth-order valence-corrected chi connectivity index (χ4v) is 2.74. The molecule has 1 saturated carbocycles. The summed E-state index contributed by atoms with van der Waals surface area (Å²) in [6.07, 6.45) is 2.02. The summed E-state index contributed by atoms with van der Waals surface area (Å²) >= 11 is 11.9. The monoisotopic (exact) mass is 340 g/mol. The third kappa shape index (κ3) is 4.13. The van der Waals surface area contributed by atoms with Crippen molar-refractivity contribution in [3.8, 4) is 6.07 Å². The fraction of sp³-hybridized carbons (Fsp3) is 0.500. The molecule has 2 rings (SSSR count). The Morgan fingerprint density at radius 2 is 2.18 bits per heavy atom. The number of carbonyl (C=O) groups excluding carboxylic acids is 1. The summed E-state index contributed by atoms with van der Waals surface area (Å²) in [6.45, 7) is 4.06. The molecule has 3 N–H and O–H groups in total. The molecule has 1 fully saturated rings. The van der Waals surface area contributed by atoms with Gasteiger partial charge >= 0.3 is 0 Å². The van der Waals surface area contributed by atoms with Crippen LogP contribution in [0.25, 0.3) is 0 Å². The van der Waals surface area contributed by atoms with Crippen molar-refractivity contribution in [2.24, 2.45) is 5.92 Å². The molecular formula is C16H20Cl2N3O+. The van der Waals surface area contributed by atoms with Gasteiger partial charge in [-0.25, -0.2) is 0 Å². The van der Waals surface area contributed by atoms with Crippen LogP contribution in [0.3, 0.4) is 0 Å². The highest BCUT2D eigenvalue weighted by atomic mass is 35.5. The van der Waals surface area contributed by atoms with E-state index >= 15 is 0 Å². The van der Waals surface area contributed by atoms with Gasteiger partial charge in [-0.05, 0) is 44.7 Å². The summed E-state index contributed by atoms with van der Waals surface area (Å²) in [7, 11) is 0. The van der Waals surface area contributed by atoms with Gasteiger partial charge in [0.25, 0.3) is 5.91 Å². The average molecular weight is 341 g/mol. The van der Waals surface area contributed by atoms with Gasteiger partial charge in [0, 0.05) is 5.56 Å². The van der Waals surface area contributed by atoms with Crippen molar-refractivity contribution < 1.29 is 10.1 Å². The van der Waals surface area contributed by atoms with Crippen LogP contribution in [0, 0.1) is 17.2 Å². The third-order valence-electron chi connectivity index (χ3n) is 4.15. The Morgan fingerprint density at radius 3 is 2.73 bits per heavy atom. The number of rotatable bonds is 6. The smallest absolute Gasteiger partial charge is 0.276 e. The standard InChI is InChI=1S/C16H19Cl2N3O/c1-10(11-3-6-13(17)14(18)7-11)20-8-15(22)21-16(2,9-19)12-4-5-12/h3,6-7,10,12,20H,4-5,8H2,1-2H3,(H,21,22)/p+1/t10-,16-/m1/s1. The van der Waals surface area contributed by atoms with Crippen LogP contribution in [0.15, 0.2) is 18.2 Å². The lowest BCUT2D eigenvalue weighted by Crippen LogP contribution is -2.87. The van der Waals surface area contributed by atoms with E-state index in [1.807, 2.05) is 24.4 Å². The lowest BCUT2D eigenvalue weighted by molar-refractivity contribution is -0.682.